The number of hydrogen-bond donors (Lipinski definition) is 1. The Morgan fingerprint density at radius 3 is 2.62 bits per heavy atom. The molecule has 0 bridgehead atoms. The molecule has 6 heteroatoms. The van der Waals surface area contributed by atoms with Crippen LogP contribution >= 0.6 is 11.6 Å². The van der Waals surface area contributed by atoms with Crippen LogP contribution in [0.25, 0.3) is 11.4 Å². The van der Waals surface area contributed by atoms with Gasteiger partial charge in [0.1, 0.15) is 11.5 Å². The fourth-order valence-electron chi connectivity index (χ4n) is 1.24. The number of carbonyl (C=O) groups is 1. The molecule has 2 rings (SSSR count). The lowest BCUT2D eigenvalue weighted by Gasteiger charge is -2.01. The van der Waals surface area contributed by atoms with Gasteiger partial charge in [-0.05, 0) is 12.1 Å². The number of nitrogens with one attached hydrogen (secondary N) is 1. The number of aromatic nitrogens is 2. The van der Waals surface area contributed by atoms with Crippen LogP contribution in [0.3, 0.4) is 0 Å². The summed E-state index contributed by atoms with van der Waals surface area (Å²) in [5, 5.41) is 0.0192. The molecule has 1 N–H and O–H groups in total. The van der Waals surface area contributed by atoms with Crippen molar-refractivity contribution in [2.24, 2.45) is 0 Å². The molecule has 0 aliphatic heterocycles. The summed E-state index contributed by atoms with van der Waals surface area (Å²) in [6.45, 7) is 0. The van der Waals surface area contributed by atoms with Gasteiger partial charge in [-0.1, -0.05) is 11.6 Å². The lowest BCUT2D eigenvalue weighted by Crippen LogP contribution is -1.89. The van der Waals surface area contributed by atoms with Gasteiger partial charge in [-0.15, -0.1) is 0 Å². The quantitative estimate of drug-likeness (QED) is 0.650. The van der Waals surface area contributed by atoms with Crippen molar-refractivity contribution in [2.45, 2.75) is 0 Å². The van der Waals surface area contributed by atoms with Gasteiger partial charge in [0.2, 0.25) is 0 Å². The van der Waals surface area contributed by atoms with Crippen molar-refractivity contribution >= 4 is 17.9 Å². The zero-order valence-corrected chi connectivity index (χ0v) is 8.55. The van der Waals surface area contributed by atoms with E-state index in [1.807, 2.05) is 0 Å². The average molecular weight is 243 g/mol. The topological polar surface area (TPSA) is 45.8 Å². The number of aromatic amines is 1. The first kappa shape index (κ1) is 10.8. The maximum Gasteiger partial charge on any atom is 0.170 e. The minimum atomic E-state index is -1.03. The molecule has 82 valence electrons. The molecule has 1 aromatic carbocycles. The molecule has 0 amide bonds. The van der Waals surface area contributed by atoms with E-state index in [4.69, 9.17) is 11.6 Å². The highest BCUT2D eigenvalue weighted by molar-refractivity contribution is 6.33. The first-order valence-electron chi connectivity index (χ1n) is 4.27. The van der Waals surface area contributed by atoms with E-state index in [9.17, 15) is 13.6 Å². The molecule has 0 unspecified atom stereocenters. The molecule has 0 radical (unpaired) electrons. The van der Waals surface area contributed by atoms with Crippen molar-refractivity contribution in [2.75, 3.05) is 0 Å². The van der Waals surface area contributed by atoms with Gasteiger partial charge in [0, 0.05) is 11.8 Å². The molecule has 0 atom stereocenters. The molecule has 3 nitrogen and oxygen atoms in total. The Labute approximate surface area is 94.1 Å². The van der Waals surface area contributed by atoms with Gasteiger partial charge in [0.05, 0.1) is 5.02 Å². The molecule has 0 aliphatic rings. The van der Waals surface area contributed by atoms with Gasteiger partial charge in [0.25, 0.3) is 0 Å². The van der Waals surface area contributed by atoms with Crippen LogP contribution in [0.4, 0.5) is 8.78 Å². The predicted molar refractivity (Wildman–Crippen MR) is 54.3 cm³/mol. The highest BCUT2D eigenvalue weighted by atomic mass is 35.5. The van der Waals surface area contributed by atoms with Crippen molar-refractivity contribution in [3.05, 3.63) is 40.7 Å². The molecule has 0 aliphatic carbocycles. The summed E-state index contributed by atoms with van der Waals surface area (Å²) < 4.78 is 25.8. The van der Waals surface area contributed by atoms with E-state index >= 15 is 0 Å². The third-order valence-corrected chi connectivity index (χ3v) is 2.30. The van der Waals surface area contributed by atoms with Crippen LogP contribution in [-0.4, -0.2) is 16.3 Å². The number of halogens is 3. The molecule has 0 saturated carbocycles. The highest BCUT2D eigenvalue weighted by Gasteiger charge is 2.12. The number of aldehydes is 1. The van der Waals surface area contributed by atoms with E-state index in [0.29, 0.717) is 6.29 Å². The summed E-state index contributed by atoms with van der Waals surface area (Å²) in [6.07, 6.45) is 1.88. The standard InChI is InChI=1S/C10H5ClF2N2O/c11-7-2-9(13)8(12)1-6(7)10-14-3-5(4-16)15-10/h1-4H,(H,14,15). The summed E-state index contributed by atoms with van der Waals surface area (Å²) in [5.74, 6) is -1.84. The number of carbonyl (C=O) groups excluding carboxylic acids is 1. The van der Waals surface area contributed by atoms with Gasteiger partial charge in [-0.3, -0.25) is 4.79 Å². The normalized spacial score (nSPS) is 10.4. The number of hydrogen-bond acceptors (Lipinski definition) is 2. The third-order valence-electron chi connectivity index (χ3n) is 1.98. The van der Waals surface area contributed by atoms with Crippen LogP contribution in [0.15, 0.2) is 18.3 Å². The van der Waals surface area contributed by atoms with Crippen LogP contribution in [-0.2, 0) is 0 Å². The van der Waals surface area contributed by atoms with Gasteiger partial charge >= 0.3 is 0 Å². The van der Waals surface area contributed by atoms with Crippen LogP contribution < -0.4 is 0 Å². The van der Waals surface area contributed by atoms with Crippen molar-refractivity contribution in [3.63, 3.8) is 0 Å². The number of rotatable bonds is 2. The predicted octanol–water partition coefficient (Wildman–Crippen LogP) is 2.82. The number of nitrogens with zero attached hydrogens (tertiary/aromatic N) is 1. The van der Waals surface area contributed by atoms with Gasteiger partial charge in [0.15, 0.2) is 17.9 Å². The minimum absolute atomic E-state index is 0.0192. The Morgan fingerprint density at radius 1 is 1.31 bits per heavy atom. The van der Waals surface area contributed by atoms with E-state index in [1.165, 1.54) is 6.20 Å². The van der Waals surface area contributed by atoms with Crippen LogP contribution in [0.2, 0.25) is 5.02 Å². The molecule has 1 heterocycles. The Balaban J connectivity index is 2.55. The second-order valence-electron chi connectivity index (χ2n) is 3.04. The van der Waals surface area contributed by atoms with E-state index < -0.39 is 11.6 Å². The first-order valence-corrected chi connectivity index (χ1v) is 4.65. The molecule has 0 fully saturated rings. The molecule has 0 saturated heterocycles. The molecular formula is C10H5ClF2N2O. The molecule has 2 aromatic rings. The van der Waals surface area contributed by atoms with Crippen LogP contribution in [0, 0.1) is 11.6 Å². The second-order valence-corrected chi connectivity index (χ2v) is 3.45. The lowest BCUT2D eigenvalue weighted by atomic mass is 10.2. The van der Waals surface area contributed by atoms with E-state index in [2.05, 4.69) is 9.97 Å². The fraction of sp³-hybridized carbons (Fsp3) is 0. The summed E-state index contributed by atoms with van der Waals surface area (Å²) in [5.41, 5.74) is 0.365. The smallest absolute Gasteiger partial charge is 0.170 e. The summed E-state index contributed by atoms with van der Waals surface area (Å²) >= 11 is 5.73. The van der Waals surface area contributed by atoms with Crippen LogP contribution in [0.1, 0.15) is 10.5 Å². The Bertz CT molecular complexity index is 554. The van der Waals surface area contributed by atoms with E-state index in [-0.39, 0.29) is 22.1 Å². The first-order chi connectivity index (χ1) is 7.61. The second kappa shape index (κ2) is 4.02. The highest BCUT2D eigenvalue weighted by Crippen LogP contribution is 2.27. The Kier molecular flexibility index (Phi) is 2.70. The van der Waals surface area contributed by atoms with Gasteiger partial charge < -0.3 is 4.98 Å². The molecule has 0 spiro atoms. The SMILES string of the molecule is O=Cc1c[nH]c(-c2cc(F)c(F)cc2Cl)n1. The molecular weight excluding hydrogens is 238 g/mol. The largest absolute Gasteiger partial charge is 0.344 e. The third kappa shape index (κ3) is 1.81. The average Bonchev–Trinajstić information content (AvgIpc) is 2.71. The number of benzene rings is 1. The molecule has 16 heavy (non-hydrogen) atoms. The summed E-state index contributed by atoms with van der Waals surface area (Å²) in [7, 11) is 0. The summed E-state index contributed by atoms with van der Waals surface area (Å²) in [6, 6.07) is 1.78. The minimum Gasteiger partial charge on any atom is -0.344 e. The van der Waals surface area contributed by atoms with Crippen molar-refractivity contribution in [1.82, 2.24) is 9.97 Å². The fourth-order valence-corrected chi connectivity index (χ4v) is 1.48. The lowest BCUT2D eigenvalue weighted by molar-refractivity contribution is 0.111. The zero-order valence-electron chi connectivity index (χ0n) is 7.80. The van der Waals surface area contributed by atoms with E-state index in [1.54, 1.807) is 0 Å². The maximum atomic E-state index is 13.0. The van der Waals surface area contributed by atoms with E-state index in [0.717, 1.165) is 12.1 Å². The van der Waals surface area contributed by atoms with Gasteiger partial charge in [-0.25, -0.2) is 13.8 Å². The Hall–Kier alpha value is -1.75. The van der Waals surface area contributed by atoms with Crippen molar-refractivity contribution in [3.8, 4) is 11.4 Å². The summed E-state index contributed by atoms with van der Waals surface area (Å²) in [4.78, 5) is 16.9. The van der Waals surface area contributed by atoms with Crippen molar-refractivity contribution in [1.29, 1.82) is 0 Å². The maximum absolute atomic E-state index is 13.0. The Morgan fingerprint density at radius 2 is 2.00 bits per heavy atom. The zero-order chi connectivity index (χ0) is 11.7. The number of H-pyrrole nitrogens is 1. The van der Waals surface area contributed by atoms with Crippen molar-refractivity contribution < 1.29 is 13.6 Å². The monoisotopic (exact) mass is 242 g/mol. The van der Waals surface area contributed by atoms with Crippen LogP contribution in [0.5, 0.6) is 0 Å². The van der Waals surface area contributed by atoms with Gasteiger partial charge in [-0.2, -0.15) is 0 Å². The number of imidazole rings is 1. The molecule has 1 aromatic heterocycles.